The third-order valence-electron chi connectivity index (χ3n) is 7.16. The van der Waals surface area contributed by atoms with Gasteiger partial charge in [0.2, 0.25) is 0 Å². The summed E-state index contributed by atoms with van der Waals surface area (Å²) < 4.78 is 14.8. The fraction of sp³-hybridized carbons (Fsp3) is 0.152. The summed E-state index contributed by atoms with van der Waals surface area (Å²) in [6, 6.07) is 29.8. The zero-order chi connectivity index (χ0) is 29.8. The van der Waals surface area contributed by atoms with Gasteiger partial charge in [-0.3, -0.25) is 9.36 Å². The van der Waals surface area contributed by atoms with Crippen molar-refractivity contribution < 1.29 is 14.3 Å². The number of para-hydroxylation sites is 1. The molecule has 0 saturated carbocycles. The molecule has 0 saturated heterocycles. The predicted molar refractivity (Wildman–Crippen MR) is 171 cm³/mol. The van der Waals surface area contributed by atoms with Crippen LogP contribution in [-0.2, 0) is 11.3 Å². The van der Waals surface area contributed by atoms with Crippen molar-refractivity contribution in [1.82, 2.24) is 24.8 Å². The molecule has 0 atom stereocenters. The van der Waals surface area contributed by atoms with Crippen LogP contribution in [0.4, 0.5) is 0 Å². The van der Waals surface area contributed by atoms with Gasteiger partial charge in [0.15, 0.2) is 11.0 Å². The van der Waals surface area contributed by atoms with Crippen molar-refractivity contribution in [3.63, 3.8) is 0 Å². The highest BCUT2D eigenvalue weighted by atomic mass is 32.2. The number of ether oxygens (including phenoxy) is 2. The maximum atomic E-state index is 12.8. The zero-order valence-electron chi connectivity index (χ0n) is 24.0. The monoisotopic (exact) mass is 590 g/mol. The van der Waals surface area contributed by atoms with E-state index in [4.69, 9.17) is 9.47 Å². The van der Waals surface area contributed by atoms with E-state index in [1.807, 2.05) is 59.2 Å². The zero-order valence-corrected chi connectivity index (χ0v) is 24.8. The number of hydrogen-bond acceptors (Lipinski definition) is 7. The number of nitrogens with one attached hydrogen (secondary N) is 1. The molecule has 2 aromatic heterocycles. The van der Waals surface area contributed by atoms with Gasteiger partial charge in [0, 0.05) is 39.6 Å². The number of amides is 1. The summed E-state index contributed by atoms with van der Waals surface area (Å²) in [5.74, 6) is 1.99. The van der Waals surface area contributed by atoms with Gasteiger partial charge in [-0.05, 0) is 79.2 Å². The largest absolute Gasteiger partial charge is 0.497 e. The average Bonchev–Trinajstić information content (AvgIpc) is 3.62. The van der Waals surface area contributed by atoms with E-state index in [1.54, 1.807) is 20.4 Å². The summed E-state index contributed by atoms with van der Waals surface area (Å²) in [6.07, 6.45) is 1.67. The van der Waals surface area contributed by atoms with Crippen LogP contribution in [0.1, 0.15) is 12.5 Å². The summed E-state index contributed by atoms with van der Waals surface area (Å²) in [4.78, 5) is 12.8. The van der Waals surface area contributed by atoms with Crippen molar-refractivity contribution in [2.45, 2.75) is 18.6 Å². The lowest BCUT2D eigenvalue weighted by molar-refractivity contribution is -0.118. The lowest BCUT2D eigenvalue weighted by Gasteiger charge is -2.11. The molecule has 0 unspecified atom stereocenters. The number of carbonyl (C=O) groups excluding carboxylic acids is 1. The first-order valence-electron chi connectivity index (χ1n) is 13.8. The van der Waals surface area contributed by atoms with Crippen LogP contribution >= 0.6 is 11.8 Å². The van der Waals surface area contributed by atoms with E-state index in [-0.39, 0.29) is 11.7 Å². The van der Waals surface area contributed by atoms with Crippen molar-refractivity contribution >= 4 is 45.7 Å². The van der Waals surface area contributed by atoms with Crippen molar-refractivity contribution in [1.29, 1.82) is 0 Å². The first kappa shape index (κ1) is 28.0. The van der Waals surface area contributed by atoms with Gasteiger partial charge in [0.1, 0.15) is 11.5 Å². The molecule has 0 spiro atoms. The normalized spacial score (nSPS) is 11.4. The van der Waals surface area contributed by atoms with Gasteiger partial charge in [0.25, 0.3) is 5.91 Å². The molecule has 216 valence electrons. The molecule has 43 heavy (non-hydrogen) atoms. The molecule has 9 nitrogen and oxygen atoms in total. The molecular weight excluding hydrogens is 560 g/mol. The van der Waals surface area contributed by atoms with Crippen molar-refractivity contribution in [2.75, 3.05) is 20.0 Å². The number of fused-ring (bicyclic) bond motifs is 3. The molecular formula is C33H30N6O3S. The molecule has 6 aromatic rings. The second kappa shape index (κ2) is 12.4. The molecule has 10 heteroatoms. The Balaban J connectivity index is 1.18. The fourth-order valence-electron chi connectivity index (χ4n) is 5.09. The topological polar surface area (TPSA) is 95.6 Å². The molecule has 0 bridgehead atoms. The van der Waals surface area contributed by atoms with Crippen molar-refractivity contribution in [2.24, 2.45) is 5.10 Å². The minimum atomic E-state index is -0.250. The fourth-order valence-corrected chi connectivity index (χ4v) is 5.83. The summed E-state index contributed by atoms with van der Waals surface area (Å²) in [5.41, 5.74) is 7.64. The van der Waals surface area contributed by atoms with Crippen LogP contribution in [0.5, 0.6) is 11.5 Å². The Labute approximate surface area is 253 Å². The molecule has 0 radical (unpaired) electrons. The van der Waals surface area contributed by atoms with Crippen LogP contribution in [0.2, 0.25) is 0 Å². The predicted octanol–water partition coefficient (Wildman–Crippen LogP) is 6.32. The maximum absolute atomic E-state index is 12.8. The van der Waals surface area contributed by atoms with Crippen LogP contribution in [0.25, 0.3) is 38.9 Å². The molecule has 1 amide bonds. The smallest absolute Gasteiger partial charge is 0.250 e. The van der Waals surface area contributed by atoms with Crippen LogP contribution < -0.4 is 14.9 Å². The lowest BCUT2D eigenvalue weighted by atomic mass is 10.1. The number of carbonyl (C=O) groups is 1. The van der Waals surface area contributed by atoms with Gasteiger partial charge in [-0.1, -0.05) is 36.0 Å². The second-order valence-electron chi connectivity index (χ2n) is 9.69. The minimum absolute atomic E-state index is 0.108. The van der Waals surface area contributed by atoms with Gasteiger partial charge in [-0.25, -0.2) is 5.43 Å². The Kier molecular flexibility index (Phi) is 8.10. The van der Waals surface area contributed by atoms with Gasteiger partial charge < -0.3 is 14.0 Å². The van der Waals surface area contributed by atoms with E-state index < -0.39 is 0 Å². The maximum Gasteiger partial charge on any atom is 0.250 e. The number of nitrogens with zero attached hydrogens (tertiary/aromatic N) is 5. The molecule has 2 heterocycles. The number of aryl methyl sites for hydroxylation is 1. The average molecular weight is 591 g/mol. The third kappa shape index (κ3) is 5.69. The van der Waals surface area contributed by atoms with E-state index in [9.17, 15) is 4.79 Å². The quantitative estimate of drug-likeness (QED) is 0.114. The highest BCUT2D eigenvalue weighted by molar-refractivity contribution is 7.99. The first-order valence-corrected chi connectivity index (χ1v) is 14.8. The Morgan fingerprint density at radius 2 is 1.58 bits per heavy atom. The summed E-state index contributed by atoms with van der Waals surface area (Å²) in [7, 11) is 3.26. The highest BCUT2D eigenvalue weighted by Crippen LogP contribution is 2.31. The molecule has 1 N–H and O–H groups in total. The van der Waals surface area contributed by atoms with Gasteiger partial charge in [-0.2, -0.15) is 5.10 Å². The highest BCUT2D eigenvalue weighted by Gasteiger charge is 2.18. The third-order valence-corrected chi connectivity index (χ3v) is 8.09. The van der Waals surface area contributed by atoms with E-state index in [0.717, 1.165) is 40.2 Å². The Morgan fingerprint density at radius 1 is 0.884 bits per heavy atom. The lowest BCUT2D eigenvalue weighted by Crippen LogP contribution is -2.20. The van der Waals surface area contributed by atoms with Crippen molar-refractivity contribution in [3.05, 3.63) is 96.6 Å². The van der Waals surface area contributed by atoms with E-state index in [2.05, 4.69) is 68.6 Å². The Hall–Kier alpha value is -5.09. The Bertz CT molecular complexity index is 1930. The Morgan fingerprint density at radius 3 is 2.30 bits per heavy atom. The van der Waals surface area contributed by atoms with Crippen LogP contribution in [0.3, 0.4) is 0 Å². The molecule has 4 aromatic carbocycles. The summed E-state index contributed by atoms with van der Waals surface area (Å²) in [6.45, 7) is 3.03. The summed E-state index contributed by atoms with van der Waals surface area (Å²) in [5, 5.41) is 16.0. The number of aromatic nitrogens is 4. The standard InChI is InChI=1S/C33H30N6O3S/c1-4-38-29-8-6-5-7-27(29)28-19-22(9-18-30(28)38)20-34-35-31(40)21-43-33-37-36-32(23-10-14-25(41-2)15-11-23)39(33)24-12-16-26(42-3)17-13-24/h5-20H,4,21H2,1-3H3,(H,35,40)/b34-20-. The van der Waals surface area contributed by atoms with E-state index in [0.29, 0.717) is 11.0 Å². The number of hydrazone groups is 1. The SMILES string of the molecule is CCn1c2ccccc2c2cc(/C=N\NC(=O)CSc3nnc(-c4ccc(OC)cc4)n3-c3ccc(OC)cc3)ccc21. The van der Waals surface area contributed by atoms with E-state index >= 15 is 0 Å². The molecule has 0 aliphatic rings. The van der Waals surface area contributed by atoms with E-state index in [1.165, 1.54) is 28.2 Å². The second-order valence-corrected chi connectivity index (χ2v) is 10.6. The van der Waals surface area contributed by atoms with Crippen LogP contribution in [-0.4, -0.2) is 51.4 Å². The minimum Gasteiger partial charge on any atom is -0.497 e. The first-order chi connectivity index (χ1) is 21.1. The number of rotatable bonds is 10. The molecule has 0 aliphatic heterocycles. The molecule has 0 aliphatic carbocycles. The van der Waals surface area contributed by atoms with Crippen LogP contribution in [0, 0.1) is 0 Å². The number of hydrogen-bond donors (Lipinski definition) is 1. The van der Waals surface area contributed by atoms with Gasteiger partial charge in [0.05, 0.1) is 26.2 Å². The van der Waals surface area contributed by atoms with Gasteiger partial charge >= 0.3 is 0 Å². The number of thioether (sulfide) groups is 1. The summed E-state index contributed by atoms with van der Waals surface area (Å²) >= 11 is 1.28. The molecule has 6 rings (SSSR count). The number of methoxy groups -OCH3 is 2. The van der Waals surface area contributed by atoms with Gasteiger partial charge in [-0.15, -0.1) is 10.2 Å². The van der Waals surface area contributed by atoms with Crippen LogP contribution in [0.15, 0.2) is 101 Å². The molecule has 0 fully saturated rings. The van der Waals surface area contributed by atoms with Crippen molar-refractivity contribution in [3.8, 4) is 28.6 Å². The number of benzene rings is 4.